The van der Waals surface area contributed by atoms with Crippen LogP contribution in [0.2, 0.25) is 0 Å². The fourth-order valence-corrected chi connectivity index (χ4v) is 6.05. The summed E-state index contributed by atoms with van der Waals surface area (Å²) in [4.78, 5) is 4.55. The van der Waals surface area contributed by atoms with E-state index in [0.29, 0.717) is 22.9 Å². The van der Waals surface area contributed by atoms with Crippen molar-refractivity contribution < 1.29 is 17.5 Å². The van der Waals surface area contributed by atoms with Crippen molar-refractivity contribution >= 4 is 45.2 Å². The lowest BCUT2D eigenvalue weighted by atomic mass is 10.0. The van der Waals surface area contributed by atoms with Crippen LogP contribution in [-0.4, -0.2) is 19.8 Å². The van der Waals surface area contributed by atoms with Crippen LogP contribution in [0.3, 0.4) is 0 Å². The van der Waals surface area contributed by atoms with E-state index in [2.05, 4.69) is 37.9 Å². The minimum atomic E-state index is -2.39. The van der Waals surface area contributed by atoms with Crippen LogP contribution in [-0.2, 0) is 17.7 Å². The van der Waals surface area contributed by atoms with Crippen molar-refractivity contribution in [1.29, 1.82) is 0 Å². The number of halogens is 2. The summed E-state index contributed by atoms with van der Waals surface area (Å²) >= 11 is 0.622. The first-order valence-electron chi connectivity index (χ1n) is 11.2. The van der Waals surface area contributed by atoms with Gasteiger partial charge in [-0.15, -0.1) is 23.1 Å². The molecule has 2 heterocycles. The summed E-state index contributed by atoms with van der Waals surface area (Å²) in [6, 6.07) is 20.5. The molecule has 0 bridgehead atoms. The van der Waals surface area contributed by atoms with Gasteiger partial charge in [-0.3, -0.25) is 4.21 Å². The first-order chi connectivity index (χ1) is 17.9. The fraction of sp³-hybridized carbons (Fsp3) is 0.115. The summed E-state index contributed by atoms with van der Waals surface area (Å²) in [5.41, 5.74) is 4.25. The third-order valence-corrected chi connectivity index (χ3v) is 7.94. The van der Waals surface area contributed by atoms with Gasteiger partial charge in [0.15, 0.2) is 5.13 Å². The van der Waals surface area contributed by atoms with Gasteiger partial charge in [-0.2, -0.15) is 0 Å². The van der Waals surface area contributed by atoms with Crippen LogP contribution in [0.4, 0.5) is 19.6 Å². The van der Waals surface area contributed by atoms with Crippen LogP contribution in [0.5, 0.6) is 0 Å². The summed E-state index contributed by atoms with van der Waals surface area (Å²) in [5.74, 6) is -1.30. The molecule has 6 nitrogen and oxygen atoms in total. The first-order valence-corrected chi connectivity index (χ1v) is 14.1. The molecule has 11 heteroatoms. The van der Waals surface area contributed by atoms with Gasteiger partial charge >= 0.3 is 0 Å². The first kappa shape index (κ1) is 25.4. The summed E-state index contributed by atoms with van der Waals surface area (Å²) in [7, 11) is 0. The molecule has 1 aliphatic rings. The molecule has 0 fully saturated rings. The Morgan fingerprint density at radius 3 is 2.59 bits per heavy atom. The SMILES string of the molecule is O=S([O-])Nc1ccc(C[C@H](Nc2nc(-c3ccc(F)cc3F)cs2)C2=CSC(c3ccccc3)N2)cc1. The maximum absolute atomic E-state index is 14.3. The molecule has 3 atom stereocenters. The van der Waals surface area contributed by atoms with Crippen LogP contribution < -0.4 is 15.4 Å². The summed E-state index contributed by atoms with van der Waals surface area (Å²) in [5, 5.41) is 11.5. The average Bonchev–Trinajstić information content (AvgIpc) is 3.55. The van der Waals surface area contributed by atoms with Crippen LogP contribution in [0.25, 0.3) is 11.3 Å². The molecule has 3 N–H and O–H groups in total. The lowest BCUT2D eigenvalue weighted by Gasteiger charge is -2.22. The van der Waals surface area contributed by atoms with Crippen molar-refractivity contribution in [2.45, 2.75) is 17.8 Å². The Hall–Kier alpha value is -3.25. The smallest absolute Gasteiger partial charge is 0.183 e. The zero-order valence-corrected chi connectivity index (χ0v) is 21.6. The molecule has 0 spiro atoms. The van der Waals surface area contributed by atoms with Crippen LogP contribution in [0.15, 0.2) is 89.3 Å². The molecule has 0 saturated heterocycles. The number of benzene rings is 3. The van der Waals surface area contributed by atoms with Crippen LogP contribution in [0, 0.1) is 11.6 Å². The second-order valence-corrected chi connectivity index (χ2v) is 10.8. The van der Waals surface area contributed by atoms with Crippen molar-refractivity contribution in [2.24, 2.45) is 0 Å². The quantitative estimate of drug-likeness (QED) is 0.213. The van der Waals surface area contributed by atoms with Crippen molar-refractivity contribution in [3.05, 3.63) is 112 Å². The molecule has 37 heavy (non-hydrogen) atoms. The van der Waals surface area contributed by atoms with Gasteiger partial charge in [0, 0.05) is 39.7 Å². The molecule has 2 unspecified atom stereocenters. The van der Waals surface area contributed by atoms with E-state index >= 15 is 0 Å². The van der Waals surface area contributed by atoms with Crippen molar-refractivity contribution in [3.8, 4) is 11.3 Å². The van der Waals surface area contributed by atoms with Crippen LogP contribution >= 0.6 is 23.1 Å². The second kappa shape index (κ2) is 11.4. The number of rotatable bonds is 9. The van der Waals surface area contributed by atoms with Crippen molar-refractivity contribution in [3.63, 3.8) is 0 Å². The maximum atomic E-state index is 14.3. The molecule has 1 aliphatic heterocycles. The van der Waals surface area contributed by atoms with E-state index in [1.165, 1.54) is 23.5 Å². The van der Waals surface area contributed by atoms with Crippen LogP contribution in [0.1, 0.15) is 16.5 Å². The highest BCUT2D eigenvalue weighted by Gasteiger charge is 2.25. The highest BCUT2D eigenvalue weighted by Crippen LogP contribution is 2.36. The highest BCUT2D eigenvalue weighted by molar-refractivity contribution is 8.02. The molecule has 1 aromatic heterocycles. The van der Waals surface area contributed by atoms with Gasteiger partial charge in [-0.1, -0.05) is 42.5 Å². The third kappa shape index (κ3) is 6.37. The Kier molecular flexibility index (Phi) is 7.85. The van der Waals surface area contributed by atoms with E-state index in [1.54, 1.807) is 29.3 Å². The fourth-order valence-electron chi connectivity index (χ4n) is 3.92. The zero-order valence-electron chi connectivity index (χ0n) is 19.2. The summed E-state index contributed by atoms with van der Waals surface area (Å²) in [6.45, 7) is 0. The molecular formula is C26H21F2N4O2S3-. The molecule has 5 rings (SSSR count). The number of nitrogens with one attached hydrogen (secondary N) is 3. The molecule has 0 aliphatic carbocycles. The normalized spacial score (nSPS) is 16.5. The van der Waals surface area contributed by atoms with Gasteiger partial charge in [0.25, 0.3) is 0 Å². The molecule has 0 radical (unpaired) electrons. The molecule has 4 aromatic rings. The van der Waals surface area contributed by atoms with Gasteiger partial charge in [0.05, 0.1) is 11.7 Å². The summed E-state index contributed by atoms with van der Waals surface area (Å²) < 4.78 is 51.8. The zero-order chi connectivity index (χ0) is 25.8. The Morgan fingerprint density at radius 2 is 1.86 bits per heavy atom. The van der Waals surface area contributed by atoms with Crippen molar-refractivity contribution in [1.82, 2.24) is 10.3 Å². The molecule has 3 aromatic carbocycles. The largest absolute Gasteiger partial charge is 0.755 e. The molecule has 190 valence electrons. The Morgan fingerprint density at radius 1 is 1.08 bits per heavy atom. The second-order valence-electron chi connectivity index (χ2n) is 8.24. The average molecular weight is 556 g/mol. The molecule has 0 amide bonds. The maximum Gasteiger partial charge on any atom is 0.183 e. The van der Waals surface area contributed by atoms with E-state index < -0.39 is 22.9 Å². The highest BCUT2D eigenvalue weighted by atomic mass is 32.2. The lowest BCUT2D eigenvalue weighted by molar-refractivity contribution is 0.542. The van der Waals surface area contributed by atoms with Crippen molar-refractivity contribution in [2.75, 3.05) is 10.0 Å². The monoisotopic (exact) mass is 555 g/mol. The lowest BCUT2D eigenvalue weighted by Crippen LogP contribution is -2.31. The number of nitrogens with zero attached hydrogens (tertiary/aromatic N) is 1. The van der Waals surface area contributed by atoms with Gasteiger partial charge < -0.3 is 19.9 Å². The number of thiazole rings is 1. The van der Waals surface area contributed by atoms with Gasteiger partial charge in [0.1, 0.15) is 17.0 Å². The molecule has 0 saturated carbocycles. The topological polar surface area (TPSA) is 89.1 Å². The number of thioether (sulfide) groups is 1. The van der Waals surface area contributed by atoms with E-state index in [1.807, 2.05) is 30.3 Å². The van der Waals surface area contributed by atoms with Gasteiger partial charge in [-0.25, -0.2) is 13.8 Å². The Bertz CT molecular complexity index is 1430. The van der Waals surface area contributed by atoms with E-state index in [-0.39, 0.29) is 17.0 Å². The minimum absolute atomic E-state index is 0.0688. The van der Waals surface area contributed by atoms with E-state index in [9.17, 15) is 17.5 Å². The van der Waals surface area contributed by atoms with E-state index in [0.717, 1.165) is 22.9 Å². The predicted molar refractivity (Wildman–Crippen MR) is 146 cm³/mol. The van der Waals surface area contributed by atoms with E-state index in [4.69, 9.17) is 0 Å². The number of aromatic nitrogens is 1. The molecular weight excluding hydrogens is 535 g/mol. The van der Waals surface area contributed by atoms with Gasteiger partial charge in [0.2, 0.25) is 0 Å². The Balaban J connectivity index is 1.37. The number of hydrogen-bond donors (Lipinski definition) is 3. The predicted octanol–water partition coefficient (Wildman–Crippen LogP) is 6.19. The Labute approximate surface area is 223 Å². The third-order valence-electron chi connectivity index (χ3n) is 5.71. The number of anilines is 2. The number of hydrogen-bond acceptors (Lipinski definition) is 7. The summed E-state index contributed by atoms with van der Waals surface area (Å²) in [6.07, 6.45) is 0.585. The standard InChI is InChI=1S/C26H22F2N4O2S3/c27-18-8-11-20(21(28)13-18)23-14-36-26(31-23)30-22(12-16-6-9-19(10-7-16)32-37(33)34)24-15-35-25(29-24)17-4-2-1-3-5-17/h1-11,13-15,22,25,29,32H,12H2,(H,30,31)(H,33,34)/p-1/t22-,25?/m0/s1. The minimum Gasteiger partial charge on any atom is -0.755 e. The van der Waals surface area contributed by atoms with Gasteiger partial charge in [-0.05, 0) is 47.2 Å².